The van der Waals surface area contributed by atoms with Crippen molar-refractivity contribution in [1.29, 1.82) is 0 Å². The third kappa shape index (κ3) is 3.08. The lowest BCUT2D eigenvalue weighted by molar-refractivity contribution is 0.0996. The van der Waals surface area contributed by atoms with Crippen LogP contribution in [0, 0.1) is 0 Å². The van der Waals surface area contributed by atoms with Gasteiger partial charge in [0.2, 0.25) is 0 Å². The lowest BCUT2D eigenvalue weighted by atomic mass is 10.3. The summed E-state index contributed by atoms with van der Waals surface area (Å²) in [4.78, 5) is 15.7. The average Bonchev–Trinajstić information content (AvgIpc) is 2.92. The molecule has 2 rings (SSSR count). The molecule has 3 N–H and O–H groups in total. The van der Waals surface area contributed by atoms with Crippen LogP contribution in [0.1, 0.15) is 10.6 Å². The van der Waals surface area contributed by atoms with Crippen LogP contribution in [0.2, 0.25) is 0 Å². The van der Waals surface area contributed by atoms with Gasteiger partial charge in [-0.1, -0.05) is 0 Å². The van der Waals surface area contributed by atoms with Gasteiger partial charge in [-0.2, -0.15) is 0 Å². The summed E-state index contributed by atoms with van der Waals surface area (Å²) in [5, 5.41) is 14.2. The average molecular weight is 247 g/mol. The van der Waals surface area contributed by atoms with Crippen LogP contribution in [0.4, 0.5) is 11.5 Å². The molecule has 0 bridgehead atoms. The summed E-state index contributed by atoms with van der Waals surface area (Å²) in [6.07, 6.45) is 2.97. The van der Waals surface area contributed by atoms with Gasteiger partial charge < -0.3 is 20.2 Å². The number of nitrogens with zero attached hydrogens (tertiary/aromatic N) is 1. The maximum absolute atomic E-state index is 11.7. The molecular formula is C12H13N3O3. The van der Waals surface area contributed by atoms with Crippen molar-refractivity contribution in [2.45, 2.75) is 0 Å². The standard InChI is InChI=1S/C12H13N3O3/c16-6-5-13-11-4-3-9(8-14-11)15-12(17)10-2-1-7-18-10/h1-4,7-8,16H,5-6H2,(H,13,14)(H,15,17). The SMILES string of the molecule is O=C(Nc1ccc(NCCO)nc1)c1ccco1. The number of aromatic nitrogens is 1. The van der Waals surface area contributed by atoms with Gasteiger partial charge in [-0.05, 0) is 24.3 Å². The molecule has 0 saturated carbocycles. The van der Waals surface area contributed by atoms with Crippen molar-refractivity contribution in [3.63, 3.8) is 0 Å². The van der Waals surface area contributed by atoms with Crippen LogP contribution in [0.15, 0.2) is 41.1 Å². The van der Waals surface area contributed by atoms with E-state index >= 15 is 0 Å². The first-order valence-electron chi connectivity index (χ1n) is 5.45. The minimum absolute atomic E-state index is 0.0403. The summed E-state index contributed by atoms with van der Waals surface area (Å²) in [5.41, 5.74) is 0.575. The lowest BCUT2D eigenvalue weighted by Crippen LogP contribution is -2.11. The highest BCUT2D eigenvalue weighted by Gasteiger charge is 2.08. The van der Waals surface area contributed by atoms with Crippen molar-refractivity contribution in [2.75, 3.05) is 23.8 Å². The summed E-state index contributed by atoms with van der Waals surface area (Å²) in [7, 11) is 0. The number of rotatable bonds is 5. The van der Waals surface area contributed by atoms with E-state index in [1.165, 1.54) is 12.5 Å². The Morgan fingerprint density at radius 2 is 2.28 bits per heavy atom. The molecule has 0 unspecified atom stereocenters. The number of carbonyl (C=O) groups is 1. The molecule has 0 spiro atoms. The molecule has 94 valence electrons. The molecule has 6 heteroatoms. The number of hydrogen-bond acceptors (Lipinski definition) is 5. The monoisotopic (exact) mass is 247 g/mol. The van der Waals surface area contributed by atoms with Crippen molar-refractivity contribution < 1.29 is 14.3 Å². The zero-order chi connectivity index (χ0) is 12.8. The fraction of sp³-hybridized carbons (Fsp3) is 0.167. The smallest absolute Gasteiger partial charge is 0.291 e. The van der Waals surface area contributed by atoms with Crippen molar-refractivity contribution in [3.05, 3.63) is 42.5 Å². The molecule has 0 aliphatic carbocycles. The van der Waals surface area contributed by atoms with E-state index in [0.717, 1.165) is 0 Å². The van der Waals surface area contributed by atoms with E-state index in [0.29, 0.717) is 18.1 Å². The van der Waals surface area contributed by atoms with Crippen molar-refractivity contribution in [2.24, 2.45) is 0 Å². The largest absolute Gasteiger partial charge is 0.459 e. The number of aliphatic hydroxyl groups is 1. The minimum atomic E-state index is -0.321. The van der Waals surface area contributed by atoms with E-state index in [4.69, 9.17) is 9.52 Å². The molecule has 2 aromatic heterocycles. The van der Waals surface area contributed by atoms with E-state index in [1.807, 2.05) is 0 Å². The molecule has 0 radical (unpaired) electrons. The van der Waals surface area contributed by atoms with Crippen LogP contribution in [0.3, 0.4) is 0 Å². The van der Waals surface area contributed by atoms with Crippen molar-refractivity contribution >= 4 is 17.4 Å². The number of amides is 1. The van der Waals surface area contributed by atoms with Gasteiger partial charge in [-0.3, -0.25) is 4.79 Å². The van der Waals surface area contributed by atoms with Crippen LogP contribution in [0.25, 0.3) is 0 Å². The van der Waals surface area contributed by atoms with Gasteiger partial charge >= 0.3 is 0 Å². The van der Waals surface area contributed by atoms with Gasteiger partial charge in [0.25, 0.3) is 5.91 Å². The fourth-order valence-corrected chi connectivity index (χ4v) is 1.36. The molecule has 6 nitrogen and oxygen atoms in total. The van der Waals surface area contributed by atoms with Gasteiger partial charge in [0.1, 0.15) is 5.82 Å². The van der Waals surface area contributed by atoms with E-state index < -0.39 is 0 Å². The predicted molar refractivity (Wildman–Crippen MR) is 66.5 cm³/mol. The second-order valence-electron chi connectivity index (χ2n) is 3.51. The number of carbonyl (C=O) groups excluding carboxylic acids is 1. The normalized spacial score (nSPS) is 10.1. The Morgan fingerprint density at radius 3 is 2.89 bits per heavy atom. The Balaban J connectivity index is 1.96. The molecule has 0 aliphatic heterocycles. The molecule has 2 aromatic rings. The molecule has 1 amide bonds. The zero-order valence-electron chi connectivity index (χ0n) is 9.59. The fourth-order valence-electron chi connectivity index (χ4n) is 1.36. The van der Waals surface area contributed by atoms with Gasteiger partial charge in [-0.15, -0.1) is 0 Å². The highest BCUT2D eigenvalue weighted by molar-refractivity contribution is 6.02. The molecule has 2 heterocycles. The summed E-state index contributed by atoms with van der Waals surface area (Å²) >= 11 is 0. The van der Waals surface area contributed by atoms with Crippen molar-refractivity contribution in [1.82, 2.24) is 4.98 Å². The van der Waals surface area contributed by atoms with E-state index in [2.05, 4.69) is 15.6 Å². The minimum Gasteiger partial charge on any atom is -0.459 e. The number of hydrogen-bond donors (Lipinski definition) is 3. The molecular weight excluding hydrogens is 234 g/mol. The molecule has 0 atom stereocenters. The molecule has 0 saturated heterocycles. The molecule has 0 fully saturated rings. The quantitative estimate of drug-likeness (QED) is 0.742. The Hall–Kier alpha value is -2.34. The van der Waals surface area contributed by atoms with Gasteiger partial charge in [0.15, 0.2) is 5.76 Å². The van der Waals surface area contributed by atoms with Crippen LogP contribution in [0.5, 0.6) is 0 Å². The summed E-state index contributed by atoms with van der Waals surface area (Å²) in [5.74, 6) is 0.565. The Morgan fingerprint density at radius 1 is 1.39 bits per heavy atom. The predicted octanol–water partition coefficient (Wildman–Crippen LogP) is 1.33. The Bertz CT molecular complexity index is 494. The molecule has 0 aliphatic rings. The van der Waals surface area contributed by atoms with Gasteiger partial charge in [0, 0.05) is 6.54 Å². The third-order valence-electron chi connectivity index (χ3n) is 2.18. The van der Waals surface area contributed by atoms with Crippen molar-refractivity contribution in [3.8, 4) is 0 Å². The van der Waals surface area contributed by atoms with E-state index in [9.17, 15) is 4.79 Å². The Labute approximate surface area is 104 Å². The lowest BCUT2D eigenvalue weighted by Gasteiger charge is -2.05. The van der Waals surface area contributed by atoms with Crippen LogP contribution in [-0.2, 0) is 0 Å². The second kappa shape index (κ2) is 5.83. The van der Waals surface area contributed by atoms with E-state index in [-0.39, 0.29) is 18.3 Å². The zero-order valence-corrected chi connectivity index (χ0v) is 9.59. The summed E-state index contributed by atoms with van der Waals surface area (Å²) in [6, 6.07) is 6.66. The van der Waals surface area contributed by atoms with Gasteiger partial charge in [0.05, 0.1) is 24.8 Å². The number of pyridine rings is 1. The maximum atomic E-state index is 11.7. The van der Waals surface area contributed by atoms with E-state index in [1.54, 1.807) is 24.3 Å². The van der Waals surface area contributed by atoms with Crippen LogP contribution >= 0.6 is 0 Å². The first-order valence-corrected chi connectivity index (χ1v) is 5.45. The highest BCUT2D eigenvalue weighted by atomic mass is 16.3. The summed E-state index contributed by atoms with van der Waals surface area (Å²) < 4.78 is 4.97. The van der Waals surface area contributed by atoms with Crippen LogP contribution < -0.4 is 10.6 Å². The summed E-state index contributed by atoms with van der Waals surface area (Å²) in [6.45, 7) is 0.476. The van der Waals surface area contributed by atoms with Gasteiger partial charge in [-0.25, -0.2) is 4.98 Å². The number of anilines is 2. The number of furan rings is 1. The first-order chi connectivity index (χ1) is 8.79. The number of nitrogens with one attached hydrogen (secondary N) is 2. The Kier molecular flexibility index (Phi) is 3.93. The highest BCUT2D eigenvalue weighted by Crippen LogP contribution is 2.11. The number of aliphatic hydroxyl groups excluding tert-OH is 1. The second-order valence-corrected chi connectivity index (χ2v) is 3.51. The molecule has 0 aromatic carbocycles. The topological polar surface area (TPSA) is 87.4 Å². The third-order valence-corrected chi connectivity index (χ3v) is 2.18. The first kappa shape index (κ1) is 12.1. The van der Waals surface area contributed by atoms with Crippen LogP contribution in [-0.4, -0.2) is 29.1 Å². The molecule has 18 heavy (non-hydrogen) atoms. The maximum Gasteiger partial charge on any atom is 0.291 e.